The number of esters is 1. The maximum Gasteiger partial charge on any atom is 0.325 e. The number of pyridine rings is 2. The number of rotatable bonds is 10. The second kappa shape index (κ2) is 11.2. The second-order valence-electron chi connectivity index (χ2n) is 9.48. The van der Waals surface area contributed by atoms with E-state index >= 15 is 0 Å². The number of para-hydroxylation sites is 1. The summed E-state index contributed by atoms with van der Waals surface area (Å²) in [5.41, 5.74) is 11.4. The molecule has 1 unspecified atom stereocenters. The van der Waals surface area contributed by atoms with E-state index in [9.17, 15) is 4.79 Å². The second-order valence-corrected chi connectivity index (χ2v) is 9.48. The molecule has 4 aromatic rings. The van der Waals surface area contributed by atoms with Gasteiger partial charge in [0.25, 0.3) is 0 Å². The quantitative estimate of drug-likeness (QED) is 0.257. The van der Waals surface area contributed by atoms with Gasteiger partial charge in [-0.15, -0.1) is 0 Å². The van der Waals surface area contributed by atoms with Crippen molar-refractivity contribution in [3.05, 3.63) is 71.8 Å². The summed E-state index contributed by atoms with van der Waals surface area (Å²) < 4.78 is 7.40. The Morgan fingerprint density at radius 1 is 1.11 bits per heavy atom. The molecule has 7 nitrogen and oxygen atoms in total. The molecule has 1 aliphatic carbocycles. The van der Waals surface area contributed by atoms with Gasteiger partial charge < -0.3 is 15.0 Å². The van der Waals surface area contributed by atoms with Crippen LogP contribution in [0.15, 0.2) is 54.9 Å². The van der Waals surface area contributed by atoms with Gasteiger partial charge >= 0.3 is 5.97 Å². The van der Waals surface area contributed by atoms with Gasteiger partial charge in [0.2, 0.25) is 0 Å². The number of nitrogens with zero attached hydrogens (tertiary/aromatic N) is 4. The summed E-state index contributed by atoms with van der Waals surface area (Å²) in [5, 5.41) is 2.24. The van der Waals surface area contributed by atoms with Crippen LogP contribution in [0.3, 0.4) is 0 Å². The van der Waals surface area contributed by atoms with Crippen LogP contribution in [0.5, 0.6) is 0 Å². The van der Waals surface area contributed by atoms with Crippen molar-refractivity contribution >= 4 is 27.8 Å². The summed E-state index contributed by atoms with van der Waals surface area (Å²) in [6.45, 7) is 4.67. The van der Waals surface area contributed by atoms with Crippen LogP contribution in [0.1, 0.15) is 55.6 Å². The van der Waals surface area contributed by atoms with Gasteiger partial charge in [0.05, 0.1) is 29.6 Å². The van der Waals surface area contributed by atoms with Gasteiger partial charge in [0.15, 0.2) is 0 Å². The van der Waals surface area contributed by atoms with Gasteiger partial charge in [0.1, 0.15) is 6.54 Å². The Kier molecular flexibility index (Phi) is 7.58. The van der Waals surface area contributed by atoms with E-state index in [2.05, 4.69) is 33.7 Å². The van der Waals surface area contributed by atoms with E-state index in [0.29, 0.717) is 19.7 Å². The Morgan fingerprint density at radius 3 is 2.86 bits per heavy atom. The first kappa shape index (κ1) is 24.4. The topological polar surface area (TPSA) is 86.3 Å². The van der Waals surface area contributed by atoms with Crippen LogP contribution in [0.4, 0.5) is 0 Å². The highest BCUT2D eigenvalue weighted by molar-refractivity contribution is 6.09. The Hall–Kier alpha value is -3.29. The van der Waals surface area contributed by atoms with Crippen LogP contribution in [-0.4, -0.2) is 45.1 Å². The maximum absolute atomic E-state index is 12.6. The van der Waals surface area contributed by atoms with E-state index in [1.54, 1.807) is 0 Å². The van der Waals surface area contributed by atoms with Crippen LogP contribution in [0.2, 0.25) is 0 Å². The molecule has 2 N–H and O–H groups in total. The smallest absolute Gasteiger partial charge is 0.325 e. The fourth-order valence-electron chi connectivity index (χ4n) is 5.63. The van der Waals surface area contributed by atoms with Crippen molar-refractivity contribution < 1.29 is 9.53 Å². The van der Waals surface area contributed by atoms with Crippen molar-refractivity contribution in [2.24, 2.45) is 5.73 Å². The number of aromatic nitrogens is 3. The van der Waals surface area contributed by atoms with Gasteiger partial charge in [-0.05, 0) is 75.9 Å². The third-order valence-electron chi connectivity index (χ3n) is 7.21. The summed E-state index contributed by atoms with van der Waals surface area (Å²) in [7, 11) is 0. The van der Waals surface area contributed by atoms with Crippen LogP contribution in [0.25, 0.3) is 21.8 Å². The monoisotopic (exact) mass is 485 g/mol. The predicted molar refractivity (Wildman–Crippen MR) is 142 cm³/mol. The maximum atomic E-state index is 12.6. The van der Waals surface area contributed by atoms with Crippen LogP contribution in [0, 0.1) is 0 Å². The summed E-state index contributed by atoms with van der Waals surface area (Å²) in [5.74, 6) is -0.236. The highest BCUT2D eigenvalue weighted by Crippen LogP contribution is 2.36. The first-order valence-corrected chi connectivity index (χ1v) is 13.1. The molecule has 1 aliphatic rings. The number of benzene rings is 1. The molecule has 7 heteroatoms. The van der Waals surface area contributed by atoms with Gasteiger partial charge in [-0.1, -0.05) is 24.3 Å². The summed E-state index contributed by atoms with van der Waals surface area (Å²) >= 11 is 0. The molecule has 36 heavy (non-hydrogen) atoms. The molecule has 5 rings (SSSR count). The highest BCUT2D eigenvalue weighted by Gasteiger charge is 2.28. The number of nitrogens with two attached hydrogens (primary N) is 1. The normalized spacial score (nSPS) is 15.5. The Morgan fingerprint density at radius 2 is 2.00 bits per heavy atom. The molecular formula is C29H35N5O2. The molecule has 3 aromatic heterocycles. The third kappa shape index (κ3) is 4.86. The molecule has 0 amide bonds. The number of hydrogen-bond donors (Lipinski definition) is 1. The number of carbonyl (C=O) groups is 1. The van der Waals surface area contributed by atoms with Crippen molar-refractivity contribution in [3.63, 3.8) is 0 Å². The Labute approximate surface area is 212 Å². The lowest BCUT2D eigenvalue weighted by molar-refractivity contribution is -0.143. The molecule has 0 aliphatic heterocycles. The molecule has 0 fully saturated rings. The van der Waals surface area contributed by atoms with Gasteiger partial charge in [0, 0.05) is 35.2 Å². The van der Waals surface area contributed by atoms with Gasteiger partial charge in [-0.25, -0.2) is 0 Å². The molecule has 0 radical (unpaired) electrons. The highest BCUT2D eigenvalue weighted by atomic mass is 16.5. The van der Waals surface area contributed by atoms with Crippen molar-refractivity contribution in [2.45, 2.75) is 58.2 Å². The molecule has 0 saturated carbocycles. The lowest BCUT2D eigenvalue weighted by Gasteiger charge is -2.35. The molecule has 0 bridgehead atoms. The number of unbranched alkanes of at least 4 members (excludes halogenated alkanes) is 1. The average Bonchev–Trinajstić information content (AvgIpc) is 3.22. The Bertz CT molecular complexity index is 1350. The van der Waals surface area contributed by atoms with Crippen molar-refractivity contribution in [3.8, 4) is 0 Å². The zero-order chi connectivity index (χ0) is 24.9. The van der Waals surface area contributed by atoms with Crippen LogP contribution >= 0.6 is 0 Å². The van der Waals surface area contributed by atoms with E-state index in [4.69, 9.17) is 20.4 Å². The van der Waals surface area contributed by atoms with Crippen LogP contribution < -0.4 is 5.73 Å². The molecule has 3 heterocycles. The third-order valence-corrected chi connectivity index (χ3v) is 7.21. The van der Waals surface area contributed by atoms with Crippen molar-refractivity contribution in [1.82, 2.24) is 19.4 Å². The minimum atomic E-state index is -0.236. The molecule has 1 aromatic carbocycles. The number of ether oxygens (including phenoxy) is 1. The minimum absolute atomic E-state index is 0.164. The molecule has 1 atom stereocenters. The molecule has 188 valence electrons. The average molecular weight is 486 g/mol. The number of carbonyl (C=O) groups excluding carboxylic acids is 1. The molecule has 0 spiro atoms. The standard InChI is InChI=1S/C29H35N5O2/c1-2-36-27(35)20-34-25-12-4-3-11-22(25)23-14-17-31-24(29(23)34)19-33(18-6-5-15-30)26-13-7-9-21-10-8-16-32-28(21)26/h3-4,8,10-12,14,16-17,26H,2,5-7,9,13,15,18-20,30H2,1H3. The van der Waals surface area contributed by atoms with Crippen molar-refractivity contribution in [2.75, 3.05) is 19.7 Å². The first-order chi connectivity index (χ1) is 17.7. The Balaban J connectivity index is 1.58. The van der Waals surface area contributed by atoms with E-state index < -0.39 is 0 Å². The van der Waals surface area contributed by atoms with E-state index in [1.807, 2.05) is 37.5 Å². The lowest BCUT2D eigenvalue weighted by atomic mass is 9.90. The summed E-state index contributed by atoms with van der Waals surface area (Å²) in [4.78, 5) is 24.8. The summed E-state index contributed by atoms with van der Waals surface area (Å²) in [6.07, 6.45) is 9.12. The number of fused-ring (bicyclic) bond motifs is 4. The number of hydrogen-bond acceptors (Lipinski definition) is 6. The van der Waals surface area contributed by atoms with Gasteiger partial charge in [-0.3, -0.25) is 19.7 Å². The van der Waals surface area contributed by atoms with E-state index in [0.717, 1.165) is 66.1 Å². The zero-order valence-electron chi connectivity index (χ0n) is 21.0. The fraction of sp³-hybridized carbons (Fsp3) is 0.414. The summed E-state index contributed by atoms with van der Waals surface area (Å²) in [6, 6.07) is 14.8. The van der Waals surface area contributed by atoms with E-state index in [1.165, 1.54) is 11.3 Å². The SMILES string of the molecule is CCOC(=O)Cn1c2ccccc2c2ccnc(CN(CCCCN)C3CCCc4cccnc43)c21. The van der Waals surface area contributed by atoms with Crippen molar-refractivity contribution in [1.29, 1.82) is 0 Å². The van der Waals surface area contributed by atoms with Gasteiger partial charge in [-0.2, -0.15) is 0 Å². The lowest BCUT2D eigenvalue weighted by Crippen LogP contribution is -2.33. The number of aryl methyl sites for hydroxylation is 1. The van der Waals surface area contributed by atoms with E-state index in [-0.39, 0.29) is 18.6 Å². The minimum Gasteiger partial charge on any atom is -0.465 e. The molecule has 0 saturated heterocycles. The van der Waals surface area contributed by atoms with Crippen LogP contribution in [-0.2, 0) is 29.0 Å². The zero-order valence-corrected chi connectivity index (χ0v) is 21.0. The fourth-order valence-corrected chi connectivity index (χ4v) is 5.63. The first-order valence-electron chi connectivity index (χ1n) is 13.1. The molecular weight excluding hydrogens is 450 g/mol. The largest absolute Gasteiger partial charge is 0.465 e. The predicted octanol–water partition coefficient (Wildman–Crippen LogP) is 4.77.